The van der Waals surface area contributed by atoms with E-state index >= 15 is 0 Å². The molecule has 0 saturated carbocycles. The Morgan fingerprint density at radius 2 is 1.68 bits per heavy atom. The van der Waals surface area contributed by atoms with Crippen LogP contribution in [0.4, 0.5) is 0 Å². The summed E-state index contributed by atoms with van der Waals surface area (Å²) in [5, 5.41) is 0. The second-order valence-corrected chi connectivity index (χ2v) is 6.22. The molecule has 0 unspecified atom stereocenters. The fourth-order valence-corrected chi connectivity index (χ4v) is 2.22. The Morgan fingerprint density at radius 3 is 2.21 bits per heavy atom. The van der Waals surface area contributed by atoms with E-state index in [9.17, 15) is 0 Å². The summed E-state index contributed by atoms with van der Waals surface area (Å²) in [4.78, 5) is 0. The molecule has 0 bridgehead atoms. The SMILES string of the molecule is COCc1cc(C)ccc1B1OC(C)(C)C(C)(C)O1. The zero-order valence-electron chi connectivity index (χ0n) is 12.7. The number of hydrogen-bond acceptors (Lipinski definition) is 3. The molecule has 19 heavy (non-hydrogen) atoms. The van der Waals surface area contributed by atoms with Gasteiger partial charge in [-0.1, -0.05) is 23.8 Å². The van der Waals surface area contributed by atoms with Gasteiger partial charge in [0.25, 0.3) is 0 Å². The van der Waals surface area contributed by atoms with E-state index < -0.39 is 0 Å². The highest BCUT2D eigenvalue weighted by atomic mass is 16.7. The van der Waals surface area contributed by atoms with Gasteiger partial charge in [-0.2, -0.15) is 0 Å². The Kier molecular flexibility index (Phi) is 3.78. The molecule has 4 heteroatoms. The van der Waals surface area contributed by atoms with Crippen LogP contribution in [0.5, 0.6) is 0 Å². The molecule has 1 aliphatic rings. The molecule has 0 amide bonds. The van der Waals surface area contributed by atoms with E-state index in [1.54, 1.807) is 7.11 Å². The lowest BCUT2D eigenvalue weighted by atomic mass is 9.75. The van der Waals surface area contributed by atoms with Crippen molar-refractivity contribution in [1.29, 1.82) is 0 Å². The van der Waals surface area contributed by atoms with Crippen molar-refractivity contribution in [3.8, 4) is 0 Å². The molecule has 0 radical (unpaired) electrons. The van der Waals surface area contributed by atoms with E-state index in [0.29, 0.717) is 6.61 Å². The topological polar surface area (TPSA) is 27.7 Å². The first-order valence-electron chi connectivity index (χ1n) is 6.71. The standard InChI is InChI=1S/C15H23BO3/c1-11-7-8-13(12(9-11)10-17-6)16-18-14(2,3)15(4,5)19-16/h7-9H,10H2,1-6H3. The Balaban J connectivity index is 2.34. The highest BCUT2D eigenvalue weighted by Gasteiger charge is 2.52. The molecule has 1 aromatic rings. The predicted molar refractivity (Wildman–Crippen MR) is 77.6 cm³/mol. The first kappa shape index (κ1) is 14.6. The van der Waals surface area contributed by atoms with Crippen LogP contribution in [0.1, 0.15) is 38.8 Å². The van der Waals surface area contributed by atoms with Crippen molar-refractivity contribution < 1.29 is 14.0 Å². The summed E-state index contributed by atoms with van der Waals surface area (Å²) in [6.07, 6.45) is 0. The summed E-state index contributed by atoms with van der Waals surface area (Å²) in [7, 11) is 1.38. The number of hydrogen-bond donors (Lipinski definition) is 0. The van der Waals surface area contributed by atoms with E-state index in [-0.39, 0.29) is 18.3 Å². The monoisotopic (exact) mass is 262 g/mol. The average molecular weight is 262 g/mol. The highest BCUT2D eigenvalue weighted by molar-refractivity contribution is 6.62. The highest BCUT2D eigenvalue weighted by Crippen LogP contribution is 2.36. The largest absolute Gasteiger partial charge is 0.495 e. The number of methoxy groups -OCH3 is 1. The molecule has 1 heterocycles. The van der Waals surface area contributed by atoms with E-state index in [1.165, 1.54) is 5.56 Å². The maximum atomic E-state index is 6.10. The van der Waals surface area contributed by atoms with Crippen LogP contribution in [0.25, 0.3) is 0 Å². The molecule has 0 atom stereocenters. The molecular weight excluding hydrogens is 239 g/mol. The molecule has 1 fully saturated rings. The summed E-state index contributed by atoms with van der Waals surface area (Å²) in [5.74, 6) is 0. The third kappa shape index (κ3) is 2.71. The zero-order valence-corrected chi connectivity index (χ0v) is 12.7. The van der Waals surface area contributed by atoms with E-state index in [0.717, 1.165) is 11.0 Å². The molecule has 1 aliphatic heterocycles. The van der Waals surface area contributed by atoms with Crippen molar-refractivity contribution in [2.24, 2.45) is 0 Å². The molecule has 2 rings (SSSR count). The van der Waals surface area contributed by atoms with Crippen molar-refractivity contribution in [1.82, 2.24) is 0 Å². The summed E-state index contributed by atoms with van der Waals surface area (Å²) < 4.78 is 17.5. The molecule has 3 nitrogen and oxygen atoms in total. The lowest BCUT2D eigenvalue weighted by molar-refractivity contribution is 0.00578. The number of rotatable bonds is 3. The van der Waals surface area contributed by atoms with Crippen molar-refractivity contribution in [2.45, 2.75) is 52.4 Å². The van der Waals surface area contributed by atoms with Crippen molar-refractivity contribution in [3.05, 3.63) is 29.3 Å². The van der Waals surface area contributed by atoms with Crippen LogP contribution in [-0.2, 0) is 20.7 Å². The fourth-order valence-electron chi connectivity index (χ4n) is 2.22. The Bertz CT molecular complexity index is 452. The van der Waals surface area contributed by atoms with Crippen LogP contribution in [0.3, 0.4) is 0 Å². The molecular formula is C15H23BO3. The lowest BCUT2D eigenvalue weighted by Gasteiger charge is -2.32. The molecule has 104 valence electrons. The van der Waals surface area contributed by atoms with Gasteiger partial charge in [0, 0.05) is 7.11 Å². The van der Waals surface area contributed by atoms with Gasteiger partial charge in [-0.05, 0) is 45.6 Å². The number of aryl methyl sites for hydroxylation is 1. The van der Waals surface area contributed by atoms with Crippen LogP contribution in [-0.4, -0.2) is 25.4 Å². The van der Waals surface area contributed by atoms with Crippen LogP contribution in [0, 0.1) is 6.92 Å². The molecule has 0 spiro atoms. The first-order chi connectivity index (χ1) is 8.77. The maximum Gasteiger partial charge on any atom is 0.495 e. The quantitative estimate of drug-likeness (QED) is 0.783. The Hall–Kier alpha value is -0.835. The van der Waals surface area contributed by atoms with Gasteiger partial charge in [-0.25, -0.2) is 0 Å². The second kappa shape index (κ2) is 4.93. The first-order valence-corrected chi connectivity index (χ1v) is 6.71. The van der Waals surface area contributed by atoms with Gasteiger partial charge in [-0.3, -0.25) is 0 Å². The minimum atomic E-state index is -0.323. The molecule has 0 aromatic heterocycles. The Labute approximate surface area is 116 Å². The smallest absolute Gasteiger partial charge is 0.399 e. The van der Waals surface area contributed by atoms with E-state index in [1.807, 2.05) is 0 Å². The van der Waals surface area contributed by atoms with Gasteiger partial charge < -0.3 is 14.0 Å². The van der Waals surface area contributed by atoms with Gasteiger partial charge in [-0.15, -0.1) is 0 Å². The van der Waals surface area contributed by atoms with Gasteiger partial charge in [0.15, 0.2) is 0 Å². The van der Waals surface area contributed by atoms with Crippen molar-refractivity contribution >= 4 is 12.6 Å². The average Bonchev–Trinajstić information content (AvgIpc) is 2.48. The summed E-state index contributed by atoms with van der Waals surface area (Å²) >= 11 is 0. The van der Waals surface area contributed by atoms with Crippen LogP contribution < -0.4 is 5.46 Å². The third-order valence-electron chi connectivity index (χ3n) is 4.11. The van der Waals surface area contributed by atoms with Gasteiger partial charge in [0.2, 0.25) is 0 Å². The van der Waals surface area contributed by atoms with Gasteiger partial charge in [0.05, 0.1) is 17.8 Å². The lowest BCUT2D eigenvalue weighted by Crippen LogP contribution is -2.41. The third-order valence-corrected chi connectivity index (χ3v) is 4.11. The molecule has 1 aromatic carbocycles. The van der Waals surface area contributed by atoms with E-state index in [2.05, 4.69) is 52.8 Å². The van der Waals surface area contributed by atoms with Crippen LogP contribution in [0.15, 0.2) is 18.2 Å². The van der Waals surface area contributed by atoms with Crippen molar-refractivity contribution in [3.63, 3.8) is 0 Å². The van der Waals surface area contributed by atoms with Crippen LogP contribution >= 0.6 is 0 Å². The predicted octanol–water partition coefficient (Wildman–Crippen LogP) is 2.44. The normalized spacial score (nSPS) is 20.8. The minimum Gasteiger partial charge on any atom is -0.399 e. The number of benzene rings is 1. The second-order valence-electron chi connectivity index (χ2n) is 6.22. The minimum absolute atomic E-state index is 0.313. The maximum absolute atomic E-state index is 6.10. The number of ether oxygens (including phenoxy) is 1. The van der Waals surface area contributed by atoms with Gasteiger partial charge in [0.1, 0.15) is 0 Å². The summed E-state index contributed by atoms with van der Waals surface area (Å²) in [6.45, 7) is 10.9. The molecule has 0 aliphatic carbocycles. The zero-order chi connectivity index (χ0) is 14.3. The molecule has 0 N–H and O–H groups in total. The van der Waals surface area contributed by atoms with E-state index in [4.69, 9.17) is 14.0 Å². The van der Waals surface area contributed by atoms with Gasteiger partial charge >= 0.3 is 7.12 Å². The van der Waals surface area contributed by atoms with Crippen LogP contribution in [0.2, 0.25) is 0 Å². The summed E-state index contributed by atoms with van der Waals surface area (Å²) in [6, 6.07) is 6.29. The molecule has 1 saturated heterocycles. The Morgan fingerprint density at radius 1 is 1.11 bits per heavy atom. The fraction of sp³-hybridized carbons (Fsp3) is 0.600. The van der Waals surface area contributed by atoms with Crippen molar-refractivity contribution in [2.75, 3.05) is 7.11 Å². The summed E-state index contributed by atoms with van der Waals surface area (Å²) in [5.41, 5.74) is 2.78.